The first-order valence-electron chi connectivity index (χ1n) is 8.30. The van der Waals surface area contributed by atoms with Gasteiger partial charge in [-0.15, -0.1) is 0 Å². The molecule has 0 aromatic heterocycles. The summed E-state index contributed by atoms with van der Waals surface area (Å²) >= 11 is 0. The third-order valence-corrected chi connectivity index (χ3v) is 6.31. The van der Waals surface area contributed by atoms with Crippen molar-refractivity contribution in [3.05, 3.63) is 46.0 Å². The minimum Gasteiger partial charge on any atom is -0.274 e. The molecule has 1 aromatic carbocycles. The number of carbonyl (C=O) groups is 2. The largest absolute Gasteiger partial charge is 0.274 e. The van der Waals surface area contributed by atoms with Crippen LogP contribution in [0, 0.1) is 52.5 Å². The van der Waals surface area contributed by atoms with Crippen LogP contribution in [0.3, 0.4) is 0 Å². The molecule has 0 radical (unpaired) electrons. The number of hydrogen-bond acceptors (Lipinski definition) is 4. The Morgan fingerprint density at radius 2 is 1.67 bits per heavy atom. The number of benzene rings is 1. The number of nitrogens with zero attached hydrogens (tertiary/aromatic N) is 2. The Labute approximate surface area is 138 Å². The smallest absolute Gasteiger partial charge is 0.274 e. The molecule has 6 atom stereocenters. The Hall–Kier alpha value is -2.50. The van der Waals surface area contributed by atoms with Crippen LogP contribution in [0.2, 0.25) is 0 Å². The van der Waals surface area contributed by atoms with Gasteiger partial charge in [-0.3, -0.25) is 19.7 Å². The summed E-state index contributed by atoms with van der Waals surface area (Å²) < 4.78 is 0. The second-order valence-electron chi connectivity index (χ2n) is 7.39. The summed E-state index contributed by atoms with van der Waals surface area (Å²) in [6.45, 7) is 1.65. The lowest BCUT2D eigenvalue weighted by molar-refractivity contribution is -0.385. The Bertz CT molecular complexity index is 809. The zero-order chi connectivity index (χ0) is 16.7. The molecular formula is C18H16N2O4. The lowest BCUT2D eigenvalue weighted by Crippen LogP contribution is -2.40. The normalized spacial score (nSPS) is 38.3. The standard InChI is InChI=1S/C18H16N2O4/c1-8-2-3-9(6-14(8)20(23)24)19-17(21)15-10-4-5-11(13-7-12(10)13)16(15)18(19)22/h2-6,10-13,15-16H,7H2,1H3/t10-,11-,12-,13-,15+,16+/m0/s1. The lowest BCUT2D eigenvalue weighted by atomic mass is 9.63. The molecule has 6 nitrogen and oxygen atoms in total. The van der Waals surface area contributed by atoms with Crippen LogP contribution >= 0.6 is 0 Å². The second kappa shape index (κ2) is 4.32. The topological polar surface area (TPSA) is 80.5 Å². The van der Waals surface area contributed by atoms with Crippen LogP contribution in [0.4, 0.5) is 11.4 Å². The van der Waals surface area contributed by atoms with Crippen molar-refractivity contribution in [2.75, 3.05) is 4.90 Å². The van der Waals surface area contributed by atoms with Crippen molar-refractivity contribution in [3.63, 3.8) is 0 Å². The van der Waals surface area contributed by atoms with E-state index < -0.39 is 4.92 Å². The first kappa shape index (κ1) is 13.9. The van der Waals surface area contributed by atoms with Crippen molar-refractivity contribution < 1.29 is 14.5 Å². The fourth-order valence-corrected chi connectivity index (χ4v) is 5.15. The fourth-order valence-electron chi connectivity index (χ4n) is 5.15. The third kappa shape index (κ3) is 1.56. The van der Waals surface area contributed by atoms with E-state index in [2.05, 4.69) is 12.2 Å². The molecule has 4 aliphatic carbocycles. The van der Waals surface area contributed by atoms with Gasteiger partial charge >= 0.3 is 0 Å². The SMILES string of the molecule is Cc1ccc(N2C(=O)[C@@H]3[C@H]4C=C[C@@H]([C@@H]5C[C@@H]45)[C@H]3C2=O)cc1[N+](=O)[O-]. The van der Waals surface area contributed by atoms with E-state index >= 15 is 0 Å². The van der Waals surface area contributed by atoms with Crippen LogP contribution in [0.1, 0.15) is 12.0 Å². The highest BCUT2D eigenvalue weighted by molar-refractivity contribution is 6.22. The van der Waals surface area contributed by atoms with Crippen LogP contribution in [0.5, 0.6) is 0 Å². The first-order chi connectivity index (χ1) is 11.5. The molecule has 0 unspecified atom stereocenters. The maximum absolute atomic E-state index is 13.0. The Kier molecular flexibility index (Phi) is 2.50. The number of hydrogen-bond donors (Lipinski definition) is 0. The third-order valence-electron chi connectivity index (χ3n) is 6.31. The summed E-state index contributed by atoms with van der Waals surface area (Å²) in [5, 5.41) is 11.2. The van der Waals surface area contributed by atoms with Crippen LogP contribution in [-0.2, 0) is 9.59 Å². The molecule has 122 valence electrons. The molecule has 0 spiro atoms. The summed E-state index contributed by atoms with van der Waals surface area (Å²) in [4.78, 5) is 37.8. The van der Waals surface area contributed by atoms with Gasteiger partial charge in [0.15, 0.2) is 0 Å². The highest BCUT2D eigenvalue weighted by Crippen LogP contribution is 2.65. The number of aryl methyl sites for hydroxylation is 1. The predicted octanol–water partition coefficient (Wildman–Crippen LogP) is 2.46. The number of imide groups is 1. The molecule has 0 N–H and O–H groups in total. The van der Waals surface area contributed by atoms with Gasteiger partial charge in [-0.2, -0.15) is 0 Å². The molecular weight excluding hydrogens is 308 g/mol. The van der Waals surface area contributed by atoms with Gasteiger partial charge < -0.3 is 0 Å². The summed E-state index contributed by atoms with van der Waals surface area (Å²) in [5.74, 6) is 0.475. The first-order valence-corrected chi connectivity index (χ1v) is 8.30. The van der Waals surface area contributed by atoms with Gasteiger partial charge in [0.2, 0.25) is 11.8 Å². The number of nitro groups is 1. The van der Waals surface area contributed by atoms with E-state index in [9.17, 15) is 19.7 Å². The van der Waals surface area contributed by atoms with Crippen molar-refractivity contribution in [2.45, 2.75) is 13.3 Å². The van der Waals surface area contributed by atoms with E-state index in [0.29, 0.717) is 23.1 Å². The maximum atomic E-state index is 13.0. The monoisotopic (exact) mass is 324 g/mol. The van der Waals surface area contributed by atoms with Crippen LogP contribution in [-0.4, -0.2) is 16.7 Å². The average Bonchev–Trinajstić information content (AvgIpc) is 3.33. The molecule has 1 saturated heterocycles. The average molecular weight is 324 g/mol. The highest BCUT2D eigenvalue weighted by Gasteiger charge is 2.67. The minimum absolute atomic E-state index is 0.0630. The zero-order valence-electron chi connectivity index (χ0n) is 13.1. The molecule has 2 amide bonds. The summed E-state index contributed by atoms with van der Waals surface area (Å²) in [6, 6.07) is 4.57. The number of allylic oxidation sites excluding steroid dienone is 2. The molecule has 2 saturated carbocycles. The molecule has 24 heavy (non-hydrogen) atoms. The molecule has 1 aromatic rings. The molecule has 2 bridgehead atoms. The van der Waals surface area contributed by atoms with Gasteiger partial charge in [-0.1, -0.05) is 18.2 Å². The Balaban J connectivity index is 1.57. The van der Waals surface area contributed by atoms with E-state index in [1.807, 2.05) is 0 Å². The van der Waals surface area contributed by atoms with E-state index in [4.69, 9.17) is 0 Å². The second-order valence-corrected chi connectivity index (χ2v) is 7.39. The molecule has 3 fully saturated rings. The minimum atomic E-state index is -0.475. The van der Waals surface area contributed by atoms with E-state index in [0.717, 1.165) is 6.42 Å². The van der Waals surface area contributed by atoms with Crippen molar-refractivity contribution in [2.24, 2.45) is 35.5 Å². The van der Waals surface area contributed by atoms with Gasteiger partial charge in [0.05, 0.1) is 22.4 Å². The van der Waals surface area contributed by atoms with Crippen molar-refractivity contribution in [1.29, 1.82) is 0 Å². The molecule has 6 heteroatoms. The summed E-state index contributed by atoms with van der Waals surface area (Å²) in [7, 11) is 0. The van der Waals surface area contributed by atoms with Crippen LogP contribution in [0.25, 0.3) is 0 Å². The van der Waals surface area contributed by atoms with E-state index in [-0.39, 0.29) is 41.2 Å². The Morgan fingerprint density at radius 3 is 2.21 bits per heavy atom. The molecule has 1 heterocycles. The number of amides is 2. The van der Waals surface area contributed by atoms with E-state index in [1.54, 1.807) is 19.1 Å². The number of carbonyl (C=O) groups excluding carboxylic acids is 2. The van der Waals surface area contributed by atoms with Gasteiger partial charge in [0.1, 0.15) is 0 Å². The number of nitro benzene ring substituents is 1. The molecule has 6 rings (SSSR count). The number of anilines is 1. The van der Waals surface area contributed by atoms with Crippen molar-refractivity contribution in [1.82, 2.24) is 0 Å². The van der Waals surface area contributed by atoms with Crippen molar-refractivity contribution >= 4 is 23.2 Å². The fraction of sp³-hybridized carbons (Fsp3) is 0.444. The molecule has 1 aliphatic heterocycles. The lowest BCUT2D eigenvalue weighted by Gasteiger charge is -2.37. The maximum Gasteiger partial charge on any atom is 0.274 e. The highest BCUT2D eigenvalue weighted by atomic mass is 16.6. The predicted molar refractivity (Wildman–Crippen MR) is 85.0 cm³/mol. The zero-order valence-corrected chi connectivity index (χ0v) is 13.1. The van der Waals surface area contributed by atoms with Gasteiger partial charge in [-0.25, -0.2) is 4.90 Å². The van der Waals surface area contributed by atoms with Crippen LogP contribution in [0.15, 0.2) is 30.4 Å². The summed E-state index contributed by atoms with van der Waals surface area (Å²) in [6.07, 6.45) is 5.35. The summed E-state index contributed by atoms with van der Waals surface area (Å²) in [5.41, 5.74) is 0.778. The van der Waals surface area contributed by atoms with Gasteiger partial charge in [-0.05, 0) is 43.1 Å². The molecule has 5 aliphatic rings. The van der Waals surface area contributed by atoms with Crippen molar-refractivity contribution in [3.8, 4) is 0 Å². The quantitative estimate of drug-likeness (QED) is 0.362. The van der Waals surface area contributed by atoms with Gasteiger partial charge in [0, 0.05) is 11.6 Å². The number of rotatable bonds is 2. The van der Waals surface area contributed by atoms with E-state index in [1.165, 1.54) is 11.0 Å². The van der Waals surface area contributed by atoms with Crippen LogP contribution < -0.4 is 4.90 Å². The Morgan fingerprint density at radius 1 is 1.08 bits per heavy atom. The van der Waals surface area contributed by atoms with Gasteiger partial charge in [0.25, 0.3) is 5.69 Å².